The van der Waals surface area contributed by atoms with Crippen LogP contribution in [-0.2, 0) is 30.8 Å². The Kier molecular flexibility index (Phi) is 6.91. The van der Waals surface area contributed by atoms with Gasteiger partial charge in [-0.1, -0.05) is 34.6 Å². The SMILES string of the molecule is Cc1noc([C@@H]2C[C@H]2C(=O)NCc2ccc(-c3cccc(OC(F)(F)F)c3)c3c2CN(Cc2noc(C4CC4)n2)CC3)n1. The molecule has 2 aliphatic carbocycles. The summed E-state index contributed by atoms with van der Waals surface area (Å²) in [5.74, 6) is 2.06. The first kappa shape index (κ1) is 27.6. The molecule has 2 aromatic carbocycles. The van der Waals surface area contributed by atoms with Crippen LogP contribution < -0.4 is 10.1 Å². The number of aromatic nitrogens is 4. The highest BCUT2D eigenvalue weighted by atomic mass is 19.4. The van der Waals surface area contributed by atoms with Crippen molar-refractivity contribution in [3.8, 4) is 16.9 Å². The second-order valence-electron chi connectivity index (χ2n) is 11.4. The summed E-state index contributed by atoms with van der Waals surface area (Å²) in [6.07, 6.45) is -1.32. The molecule has 2 atom stereocenters. The molecular formula is C30H29F3N6O4. The average molecular weight is 595 g/mol. The maximum Gasteiger partial charge on any atom is 0.573 e. The zero-order valence-corrected chi connectivity index (χ0v) is 23.4. The number of hydrogen-bond donors (Lipinski definition) is 1. The highest BCUT2D eigenvalue weighted by Crippen LogP contribution is 2.47. The highest BCUT2D eigenvalue weighted by molar-refractivity contribution is 5.82. The number of alkyl halides is 3. The first-order valence-electron chi connectivity index (χ1n) is 14.3. The average Bonchev–Trinajstić information content (AvgIpc) is 3.89. The predicted molar refractivity (Wildman–Crippen MR) is 144 cm³/mol. The second kappa shape index (κ2) is 10.8. The summed E-state index contributed by atoms with van der Waals surface area (Å²) in [5.41, 5.74) is 4.46. The van der Waals surface area contributed by atoms with Gasteiger partial charge in [-0.25, -0.2) is 0 Å². The van der Waals surface area contributed by atoms with E-state index in [1.165, 1.54) is 12.1 Å². The topological polar surface area (TPSA) is 119 Å². The van der Waals surface area contributed by atoms with Crippen LogP contribution in [0.5, 0.6) is 5.75 Å². The molecule has 1 aliphatic heterocycles. The molecule has 43 heavy (non-hydrogen) atoms. The zero-order chi connectivity index (χ0) is 29.7. The molecule has 0 unspecified atom stereocenters. The van der Waals surface area contributed by atoms with Crippen LogP contribution in [0.2, 0.25) is 0 Å². The molecular weight excluding hydrogens is 565 g/mol. The largest absolute Gasteiger partial charge is 0.573 e. The molecule has 1 N–H and O–H groups in total. The number of halogens is 3. The summed E-state index contributed by atoms with van der Waals surface area (Å²) >= 11 is 0. The molecule has 0 spiro atoms. The van der Waals surface area contributed by atoms with Gasteiger partial charge in [0.2, 0.25) is 17.7 Å². The summed E-state index contributed by atoms with van der Waals surface area (Å²) in [6.45, 7) is 3.83. The van der Waals surface area contributed by atoms with Crippen LogP contribution in [0.4, 0.5) is 13.2 Å². The summed E-state index contributed by atoms with van der Waals surface area (Å²) in [7, 11) is 0. The van der Waals surface area contributed by atoms with E-state index in [2.05, 4.69) is 35.2 Å². The lowest BCUT2D eigenvalue weighted by Gasteiger charge is -2.31. The molecule has 1 amide bonds. The van der Waals surface area contributed by atoms with E-state index < -0.39 is 6.36 Å². The van der Waals surface area contributed by atoms with E-state index in [1.54, 1.807) is 19.1 Å². The monoisotopic (exact) mass is 594 g/mol. The van der Waals surface area contributed by atoms with Gasteiger partial charge in [0, 0.05) is 25.6 Å². The van der Waals surface area contributed by atoms with Gasteiger partial charge in [0.1, 0.15) is 5.75 Å². The van der Waals surface area contributed by atoms with Crippen molar-refractivity contribution < 1.29 is 31.7 Å². The van der Waals surface area contributed by atoms with Crippen molar-refractivity contribution in [1.29, 1.82) is 0 Å². The van der Waals surface area contributed by atoms with Crippen molar-refractivity contribution in [1.82, 2.24) is 30.5 Å². The van der Waals surface area contributed by atoms with E-state index in [4.69, 9.17) is 9.05 Å². The third-order valence-corrected chi connectivity index (χ3v) is 8.18. The van der Waals surface area contributed by atoms with Gasteiger partial charge in [-0.3, -0.25) is 9.69 Å². The number of carbonyl (C=O) groups is 1. The maximum atomic E-state index is 13.0. The molecule has 224 valence electrons. The molecule has 2 fully saturated rings. The van der Waals surface area contributed by atoms with Gasteiger partial charge >= 0.3 is 6.36 Å². The summed E-state index contributed by atoms with van der Waals surface area (Å²) in [4.78, 5) is 24.0. The van der Waals surface area contributed by atoms with E-state index in [1.807, 2.05) is 12.1 Å². The molecule has 0 bridgehead atoms. The third-order valence-electron chi connectivity index (χ3n) is 8.18. The van der Waals surface area contributed by atoms with Crippen molar-refractivity contribution in [2.75, 3.05) is 6.54 Å². The van der Waals surface area contributed by atoms with Crippen molar-refractivity contribution >= 4 is 5.91 Å². The molecule has 0 saturated heterocycles. The Labute approximate surface area is 244 Å². The number of carbonyl (C=O) groups excluding carboxylic acids is 1. The number of nitrogens with zero attached hydrogens (tertiary/aromatic N) is 5. The lowest BCUT2D eigenvalue weighted by atomic mass is 9.87. The van der Waals surface area contributed by atoms with E-state index >= 15 is 0 Å². The van der Waals surface area contributed by atoms with E-state index in [0.717, 1.165) is 35.1 Å². The number of ether oxygens (including phenoxy) is 1. The van der Waals surface area contributed by atoms with E-state index in [-0.39, 0.29) is 23.5 Å². The van der Waals surface area contributed by atoms with Crippen LogP contribution in [0, 0.1) is 12.8 Å². The molecule has 10 nitrogen and oxygen atoms in total. The lowest BCUT2D eigenvalue weighted by Crippen LogP contribution is -2.33. The number of amides is 1. The third kappa shape index (κ3) is 6.12. The number of fused-ring (bicyclic) bond motifs is 1. The van der Waals surface area contributed by atoms with Gasteiger partial charge in [0.25, 0.3) is 0 Å². The van der Waals surface area contributed by atoms with Crippen molar-refractivity contribution in [3.63, 3.8) is 0 Å². The molecule has 2 saturated carbocycles. The number of nitrogens with one attached hydrogen (secondary N) is 1. The summed E-state index contributed by atoms with van der Waals surface area (Å²) in [5, 5.41) is 11.1. The lowest BCUT2D eigenvalue weighted by molar-refractivity contribution is -0.274. The molecule has 13 heteroatoms. The normalized spacial score (nSPS) is 20.1. The Morgan fingerprint density at radius 1 is 1.09 bits per heavy atom. The Bertz CT molecular complexity index is 1660. The number of rotatable bonds is 9. The fourth-order valence-corrected chi connectivity index (χ4v) is 5.79. The quantitative estimate of drug-likeness (QED) is 0.280. The Morgan fingerprint density at radius 3 is 2.70 bits per heavy atom. The molecule has 2 aromatic heterocycles. The standard InChI is InChI=1S/C30H29F3N6O4/c1-16-35-29(43-37-16)24-12-23(24)27(40)34-13-19-7-8-21(18-3-2-4-20(11-18)41-30(31,32)33)22-9-10-39(14-25(19)22)15-26-36-28(42-38-26)17-5-6-17/h2-4,7-8,11,17,23-24H,5-6,9-10,12-15H2,1H3,(H,34,40)/t23-,24-/m1/s1. The summed E-state index contributed by atoms with van der Waals surface area (Å²) < 4.78 is 53.6. The van der Waals surface area contributed by atoms with Gasteiger partial charge in [-0.2, -0.15) is 9.97 Å². The molecule has 7 rings (SSSR count). The van der Waals surface area contributed by atoms with E-state index in [9.17, 15) is 18.0 Å². The first-order valence-corrected chi connectivity index (χ1v) is 14.3. The van der Waals surface area contributed by atoms with Crippen LogP contribution in [-0.4, -0.2) is 44.0 Å². The number of hydrogen-bond acceptors (Lipinski definition) is 9. The van der Waals surface area contributed by atoms with Crippen molar-refractivity contribution in [2.24, 2.45) is 5.92 Å². The smallest absolute Gasteiger partial charge is 0.406 e. The zero-order valence-electron chi connectivity index (χ0n) is 23.4. The van der Waals surface area contributed by atoms with E-state index in [0.29, 0.717) is 73.9 Å². The minimum Gasteiger partial charge on any atom is -0.406 e. The van der Waals surface area contributed by atoms with Gasteiger partial charge < -0.3 is 19.1 Å². The molecule has 3 aliphatic rings. The van der Waals surface area contributed by atoms with Crippen LogP contribution in [0.25, 0.3) is 11.1 Å². The van der Waals surface area contributed by atoms with Crippen LogP contribution in [0.1, 0.15) is 71.2 Å². The van der Waals surface area contributed by atoms with Crippen molar-refractivity contribution in [3.05, 3.63) is 76.5 Å². The predicted octanol–water partition coefficient (Wildman–Crippen LogP) is 5.18. The Hall–Kier alpha value is -4.26. The highest BCUT2D eigenvalue weighted by Gasteiger charge is 2.47. The van der Waals surface area contributed by atoms with Crippen LogP contribution >= 0.6 is 0 Å². The number of benzene rings is 2. The molecule has 4 aromatic rings. The van der Waals surface area contributed by atoms with Gasteiger partial charge in [0.05, 0.1) is 18.4 Å². The first-order chi connectivity index (χ1) is 20.7. The van der Waals surface area contributed by atoms with Crippen LogP contribution in [0.15, 0.2) is 45.4 Å². The minimum absolute atomic E-state index is 0.0744. The Balaban J connectivity index is 1.13. The molecule has 0 radical (unpaired) electrons. The maximum absolute atomic E-state index is 13.0. The van der Waals surface area contributed by atoms with Crippen LogP contribution in [0.3, 0.4) is 0 Å². The fraction of sp³-hybridized carbons (Fsp3) is 0.433. The fourth-order valence-electron chi connectivity index (χ4n) is 5.79. The minimum atomic E-state index is -4.78. The summed E-state index contributed by atoms with van der Waals surface area (Å²) in [6, 6.07) is 9.86. The Morgan fingerprint density at radius 2 is 1.93 bits per heavy atom. The number of aryl methyl sites for hydroxylation is 1. The molecule has 3 heterocycles. The second-order valence-corrected chi connectivity index (χ2v) is 11.4. The van der Waals surface area contributed by atoms with Gasteiger partial charge in [-0.15, -0.1) is 13.2 Å². The van der Waals surface area contributed by atoms with Crippen molar-refractivity contribution in [2.45, 2.75) is 70.4 Å². The van der Waals surface area contributed by atoms with Gasteiger partial charge in [-0.05, 0) is 72.6 Å². The van der Waals surface area contributed by atoms with Gasteiger partial charge in [0.15, 0.2) is 11.6 Å².